The van der Waals surface area contributed by atoms with Gasteiger partial charge in [0.05, 0.1) is 0 Å². The summed E-state index contributed by atoms with van der Waals surface area (Å²) in [5, 5.41) is 2.70. The molecule has 0 bridgehead atoms. The number of pyridine rings is 1. The van der Waals surface area contributed by atoms with E-state index in [2.05, 4.69) is 10.3 Å². The summed E-state index contributed by atoms with van der Waals surface area (Å²) in [6, 6.07) is 2.60. The van der Waals surface area contributed by atoms with Crippen LogP contribution in [0.5, 0.6) is 0 Å². The largest absolute Gasteiger partial charge is 0.385 e. The Labute approximate surface area is 93.8 Å². The minimum Gasteiger partial charge on any atom is -0.385 e. The van der Waals surface area contributed by atoms with E-state index in [1.165, 1.54) is 12.3 Å². The molecular formula is C11H15FN2O2. The Kier molecular flexibility index (Phi) is 5.42. The fourth-order valence-electron chi connectivity index (χ4n) is 1.22. The molecule has 0 aliphatic carbocycles. The number of halogens is 1. The summed E-state index contributed by atoms with van der Waals surface area (Å²) in [4.78, 5) is 14.9. The molecule has 0 saturated carbocycles. The molecule has 4 nitrogen and oxygen atoms in total. The summed E-state index contributed by atoms with van der Waals surface area (Å²) in [5.41, 5.74) is 0.291. The first-order valence-corrected chi connectivity index (χ1v) is 5.12. The van der Waals surface area contributed by atoms with E-state index in [1.54, 1.807) is 7.11 Å². The third kappa shape index (κ3) is 4.35. The zero-order valence-electron chi connectivity index (χ0n) is 9.20. The van der Waals surface area contributed by atoms with Gasteiger partial charge in [0.15, 0.2) is 0 Å². The number of nitrogens with one attached hydrogen (secondary N) is 1. The summed E-state index contributed by atoms with van der Waals surface area (Å²) in [6.07, 6.45) is 3.00. The van der Waals surface area contributed by atoms with Crippen LogP contribution in [0.4, 0.5) is 4.39 Å². The number of methoxy groups -OCH3 is 1. The average molecular weight is 226 g/mol. The van der Waals surface area contributed by atoms with E-state index in [1.807, 2.05) is 0 Å². The van der Waals surface area contributed by atoms with Crippen molar-refractivity contribution in [2.75, 3.05) is 20.3 Å². The highest BCUT2D eigenvalue weighted by Gasteiger charge is 2.05. The molecule has 5 heteroatoms. The molecule has 0 unspecified atom stereocenters. The Morgan fingerprint density at radius 1 is 1.56 bits per heavy atom. The predicted octanol–water partition coefficient (Wildman–Crippen LogP) is 1.38. The summed E-state index contributed by atoms with van der Waals surface area (Å²) in [6.45, 7) is 1.24. The van der Waals surface area contributed by atoms with Gasteiger partial charge in [-0.2, -0.15) is 4.39 Å². The molecule has 1 heterocycles. The third-order valence-electron chi connectivity index (χ3n) is 2.05. The van der Waals surface area contributed by atoms with Crippen LogP contribution in [0.3, 0.4) is 0 Å². The summed E-state index contributed by atoms with van der Waals surface area (Å²) in [5.74, 6) is -0.925. The smallest absolute Gasteiger partial charge is 0.251 e. The number of ether oxygens (including phenoxy) is 1. The molecule has 0 fully saturated rings. The molecule has 0 atom stereocenters. The van der Waals surface area contributed by atoms with Crippen molar-refractivity contribution in [1.82, 2.24) is 10.3 Å². The Bertz CT molecular complexity index is 345. The van der Waals surface area contributed by atoms with E-state index in [9.17, 15) is 9.18 Å². The lowest BCUT2D eigenvalue weighted by Gasteiger charge is -2.04. The van der Waals surface area contributed by atoms with Crippen molar-refractivity contribution in [2.45, 2.75) is 12.8 Å². The number of amides is 1. The van der Waals surface area contributed by atoms with Crippen LogP contribution in [0.15, 0.2) is 18.3 Å². The number of hydrogen-bond donors (Lipinski definition) is 1. The molecule has 0 radical (unpaired) electrons. The molecule has 1 N–H and O–H groups in total. The van der Waals surface area contributed by atoms with Gasteiger partial charge in [-0.25, -0.2) is 4.98 Å². The highest BCUT2D eigenvalue weighted by Crippen LogP contribution is 2.00. The first kappa shape index (κ1) is 12.6. The van der Waals surface area contributed by atoms with Crippen molar-refractivity contribution in [3.05, 3.63) is 29.8 Å². The monoisotopic (exact) mass is 226 g/mol. The molecule has 1 aromatic heterocycles. The van der Waals surface area contributed by atoms with Crippen molar-refractivity contribution in [2.24, 2.45) is 0 Å². The van der Waals surface area contributed by atoms with Gasteiger partial charge < -0.3 is 10.1 Å². The number of rotatable bonds is 6. The standard InChI is InChI=1S/C11H15FN2O2/c1-16-7-3-2-5-14-11(15)9-4-6-13-10(12)8-9/h4,6,8H,2-3,5,7H2,1H3,(H,14,15). The second kappa shape index (κ2) is 6.90. The molecule has 1 aromatic rings. The Balaban J connectivity index is 2.30. The normalized spacial score (nSPS) is 10.1. The molecule has 1 amide bonds. The Morgan fingerprint density at radius 2 is 2.38 bits per heavy atom. The number of nitrogens with zero attached hydrogens (tertiary/aromatic N) is 1. The van der Waals surface area contributed by atoms with E-state index in [-0.39, 0.29) is 5.91 Å². The van der Waals surface area contributed by atoms with Gasteiger partial charge in [-0.3, -0.25) is 4.79 Å². The van der Waals surface area contributed by atoms with Gasteiger partial charge in [0.2, 0.25) is 5.95 Å². The molecule has 0 spiro atoms. The van der Waals surface area contributed by atoms with Gasteiger partial charge in [0.1, 0.15) is 0 Å². The topological polar surface area (TPSA) is 51.2 Å². The Hall–Kier alpha value is -1.49. The maximum Gasteiger partial charge on any atom is 0.251 e. The summed E-state index contributed by atoms with van der Waals surface area (Å²) in [7, 11) is 1.64. The maximum absolute atomic E-state index is 12.7. The average Bonchev–Trinajstić information content (AvgIpc) is 2.28. The van der Waals surface area contributed by atoms with Crippen LogP contribution in [0.25, 0.3) is 0 Å². The van der Waals surface area contributed by atoms with E-state index >= 15 is 0 Å². The Morgan fingerprint density at radius 3 is 3.06 bits per heavy atom. The molecule has 0 aliphatic rings. The van der Waals surface area contributed by atoms with Crippen molar-refractivity contribution in [3.63, 3.8) is 0 Å². The van der Waals surface area contributed by atoms with Gasteiger partial charge in [-0.1, -0.05) is 0 Å². The summed E-state index contributed by atoms with van der Waals surface area (Å²) >= 11 is 0. The fourth-order valence-corrected chi connectivity index (χ4v) is 1.22. The predicted molar refractivity (Wildman–Crippen MR) is 57.6 cm³/mol. The van der Waals surface area contributed by atoms with E-state index in [4.69, 9.17) is 4.74 Å². The molecular weight excluding hydrogens is 211 g/mol. The van der Waals surface area contributed by atoms with Crippen LogP contribution < -0.4 is 5.32 Å². The van der Waals surface area contributed by atoms with Gasteiger partial charge in [0, 0.05) is 38.1 Å². The lowest BCUT2D eigenvalue weighted by Crippen LogP contribution is -2.24. The maximum atomic E-state index is 12.7. The minimum absolute atomic E-state index is 0.279. The van der Waals surface area contributed by atoms with E-state index < -0.39 is 5.95 Å². The minimum atomic E-state index is -0.646. The third-order valence-corrected chi connectivity index (χ3v) is 2.05. The molecule has 1 rings (SSSR count). The first-order chi connectivity index (χ1) is 7.74. The van der Waals surface area contributed by atoms with Gasteiger partial charge >= 0.3 is 0 Å². The number of aromatic nitrogens is 1. The number of carbonyl (C=O) groups is 1. The highest BCUT2D eigenvalue weighted by atomic mass is 19.1. The van der Waals surface area contributed by atoms with Crippen LogP contribution in [-0.4, -0.2) is 31.2 Å². The fraction of sp³-hybridized carbons (Fsp3) is 0.455. The quantitative estimate of drug-likeness (QED) is 0.589. The van der Waals surface area contributed by atoms with Crippen LogP contribution in [-0.2, 0) is 4.74 Å². The number of carbonyl (C=O) groups excluding carboxylic acids is 1. The lowest BCUT2D eigenvalue weighted by atomic mass is 10.2. The van der Waals surface area contributed by atoms with Gasteiger partial charge in [-0.15, -0.1) is 0 Å². The van der Waals surface area contributed by atoms with Crippen molar-refractivity contribution in [1.29, 1.82) is 0 Å². The summed E-state index contributed by atoms with van der Waals surface area (Å²) < 4.78 is 17.6. The van der Waals surface area contributed by atoms with Gasteiger partial charge in [0.25, 0.3) is 5.91 Å². The van der Waals surface area contributed by atoms with Crippen LogP contribution >= 0.6 is 0 Å². The van der Waals surface area contributed by atoms with Gasteiger partial charge in [-0.05, 0) is 18.9 Å². The second-order valence-corrected chi connectivity index (χ2v) is 3.32. The van der Waals surface area contributed by atoms with Crippen molar-refractivity contribution in [3.8, 4) is 0 Å². The zero-order chi connectivity index (χ0) is 11.8. The molecule has 16 heavy (non-hydrogen) atoms. The number of unbranched alkanes of at least 4 members (excludes halogenated alkanes) is 1. The molecule has 0 aromatic carbocycles. The zero-order valence-corrected chi connectivity index (χ0v) is 9.20. The van der Waals surface area contributed by atoms with Crippen LogP contribution in [0.1, 0.15) is 23.2 Å². The van der Waals surface area contributed by atoms with Crippen LogP contribution in [0.2, 0.25) is 0 Å². The first-order valence-electron chi connectivity index (χ1n) is 5.12. The van der Waals surface area contributed by atoms with E-state index in [0.717, 1.165) is 18.9 Å². The lowest BCUT2D eigenvalue weighted by molar-refractivity contribution is 0.0950. The SMILES string of the molecule is COCCCCNC(=O)c1ccnc(F)c1. The van der Waals surface area contributed by atoms with Crippen molar-refractivity contribution >= 4 is 5.91 Å². The molecule has 0 aliphatic heterocycles. The highest BCUT2D eigenvalue weighted by molar-refractivity contribution is 5.93. The van der Waals surface area contributed by atoms with Crippen molar-refractivity contribution < 1.29 is 13.9 Å². The molecule has 0 saturated heterocycles. The second-order valence-electron chi connectivity index (χ2n) is 3.32. The number of hydrogen-bond acceptors (Lipinski definition) is 3. The van der Waals surface area contributed by atoms with E-state index in [0.29, 0.717) is 18.7 Å². The molecule has 88 valence electrons. The van der Waals surface area contributed by atoms with Crippen LogP contribution in [0, 0.1) is 5.95 Å².